The Bertz CT molecular complexity index is 511. The van der Waals surface area contributed by atoms with E-state index < -0.39 is 10.8 Å². The van der Waals surface area contributed by atoms with Crippen molar-refractivity contribution in [1.82, 2.24) is 10.6 Å². The molecule has 1 rings (SSSR count). The predicted octanol–water partition coefficient (Wildman–Crippen LogP) is 3.12. The number of halogens is 2. The summed E-state index contributed by atoms with van der Waals surface area (Å²) >= 11 is 11.8. The molecule has 0 aliphatic carbocycles. The van der Waals surface area contributed by atoms with E-state index in [0.717, 1.165) is 5.56 Å². The average Bonchev–Trinajstić information content (AvgIpc) is 2.30. The Hall–Kier alpha value is -0.780. The maximum Gasteiger partial charge on any atom is 0.315 e. The molecule has 0 aromatic heterocycles. The molecule has 0 spiro atoms. The van der Waals surface area contributed by atoms with E-state index in [0.29, 0.717) is 15.8 Å². The number of urea groups is 1. The van der Waals surface area contributed by atoms with E-state index in [1.165, 1.54) is 0 Å². The minimum absolute atomic E-state index is 0.151. The highest BCUT2D eigenvalue weighted by molar-refractivity contribution is 7.84. The molecule has 3 atom stereocenters. The third kappa shape index (κ3) is 5.69. The maximum atomic E-state index is 11.8. The molecule has 0 radical (unpaired) electrons. The number of benzene rings is 1. The first kappa shape index (κ1) is 17.3. The number of rotatable bonds is 5. The zero-order valence-corrected chi connectivity index (χ0v) is 13.9. The Labute approximate surface area is 131 Å². The number of amides is 2. The van der Waals surface area contributed by atoms with E-state index in [2.05, 4.69) is 10.6 Å². The number of carbonyl (C=O) groups is 1. The summed E-state index contributed by atoms with van der Waals surface area (Å²) in [6.45, 7) is 3.66. The quantitative estimate of drug-likeness (QED) is 0.867. The van der Waals surface area contributed by atoms with Gasteiger partial charge in [0.2, 0.25) is 0 Å². The van der Waals surface area contributed by atoms with Crippen LogP contribution in [0, 0.1) is 0 Å². The Kier molecular flexibility index (Phi) is 6.79. The molecule has 4 nitrogen and oxygen atoms in total. The fourth-order valence-corrected chi connectivity index (χ4v) is 2.81. The molecule has 0 heterocycles. The third-order valence-corrected chi connectivity index (χ3v) is 4.36. The standard InChI is InChI=1S/C13H18Cl2N2O2S/c1-8(7-20(3)19)16-13(18)17-9(2)10-4-5-11(14)12(15)6-10/h4-6,8-9H,7H2,1-3H3,(H2,16,17,18). The molecule has 0 fully saturated rings. The topological polar surface area (TPSA) is 58.2 Å². The minimum Gasteiger partial charge on any atom is -0.335 e. The van der Waals surface area contributed by atoms with E-state index in [1.807, 2.05) is 19.9 Å². The summed E-state index contributed by atoms with van der Waals surface area (Å²) in [5.74, 6) is 0.425. The monoisotopic (exact) mass is 336 g/mol. The molecule has 7 heteroatoms. The lowest BCUT2D eigenvalue weighted by molar-refractivity contribution is 0.235. The van der Waals surface area contributed by atoms with Crippen molar-refractivity contribution >= 4 is 40.0 Å². The SMILES string of the molecule is CC(CS(C)=O)NC(=O)NC(C)c1ccc(Cl)c(Cl)c1. The van der Waals surface area contributed by atoms with Gasteiger partial charge in [-0.1, -0.05) is 29.3 Å². The summed E-state index contributed by atoms with van der Waals surface area (Å²) in [5, 5.41) is 6.46. The number of nitrogens with one attached hydrogen (secondary N) is 2. The Morgan fingerprint density at radius 1 is 1.25 bits per heavy atom. The van der Waals surface area contributed by atoms with Gasteiger partial charge in [0.15, 0.2) is 0 Å². The van der Waals surface area contributed by atoms with Crippen molar-refractivity contribution in [3.8, 4) is 0 Å². The van der Waals surface area contributed by atoms with Crippen LogP contribution in [0.3, 0.4) is 0 Å². The van der Waals surface area contributed by atoms with Crippen molar-refractivity contribution in [2.45, 2.75) is 25.9 Å². The molecule has 2 amide bonds. The number of carbonyl (C=O) groups excluding carboxylic acids is 1. The molecule has 1 aromatic carbocycles. The first-order valence-corrected chi connectivity index (χ1v) is 8.60. The van der Waals surface area contributed by atoms with Crippen molar-refractivity contribution in [2.75, 3.05) is 12.0 Å². The van der Waals surface area contributed by atoms with Crippen LogP contribution in [0.2, 0.25) is 10.0 Å². The molecule has 0 saturated heterocycles. The second-order valence-corrected chi connectivity index (χ2v) is 6.95. The van der Waals surface area contributed by atoms with Gasteiger partial charge in [-0.2, -0.15) is 0 Å². The highest BCUT2D eigenvalue weighted by Crippen LogP contribution is 2.25. The van der Waals surface area contributed by atoms with Gasteiger partial charge in [0.05, 0.1) is 16.1 Å². The highest BCUT2D eigenvalue weighted by atomic mass is 35.5. The molecule has 20 heavy (non-hydrogen) atoms. The van der Waals surface area contributed by atoms with Gasteiger partial charge >= 0.3 is 6.03 Å². The zero-order chi connectivity index (χ0) is 15.3. The minimum atomic E-state index is -0.941. The van der Waals surface area contributed by atoms with E-state index in [-0.39, 0.29) is 18.1 Å². The second-order valence-electron chi connectivity index (χ2n) is 4.65. The van der Waals surface area contributed by atoms with Crippen LogP contribution in [0.1, 0.15) is 25.5 Å². The zero-order valence-electron chi connectivity index (χ0n) is 11.6. The largest absolute Gasteiger partial charge is 0.335 e. The Morgan fingerprint density at radius 3 is 2.45 bits per heavy atom. The van der Waals surface area contributed by atoms with Crippen LogP contribution < -0.4 is 10.6 Å². The van der Waals surface area contributed by atoms with Crippen molar-refractivity contribution in [3.05, 3.63) is 33.8 Å². The summed E-state index contributed by atoms with van der Waals surface area (Å²) < 4.78 is 11.1. The van der Waals surface area contributed by atoms with E-state index in [9.17, 15) is 9.00 Å². The van der Waals surface area contributed by atoms with Crippen molar-refractivity contribution in [1.29, 1.82) is 0 Å². The van der Waals surface area contributed by atoms with Gasteiger partial charge in [0.1, 0.15) is 0 Å². The molecular weight excluding hydrogens is 319 g/mol. The highest BCUT2D eigenvalue weighted by Gasteiger charge is 2.13. The molecule has 0 aliphatic heterocycles. The summed E-state index contributed by atoms with van der Waals surface area (Å²) in [5.41, 5.74) is 0.862. The average molecular weight is 337 g/mol. The Balaban J connectivity index is 2.56. The van der Waals surface area contributed by atoms with Gasteiger partial charge in [-0.15, -0.1) is 0 Å². The van der Waals surface area contributed by atoms with Crippen LogP contribution >= 0.6 is 23.2 Å². The van der Waals surface area contributed by atoms with Gasteiger partial charge in [-0.3, -0.25) is 4.21 Å². The number of hydrogen-bond acceptors (Lipinski definition) is 2. The lowest BCUT2D eigenvalue weighted by Crippen LogP contribution is -2.43. The predicted molar refractivity (Wildman–Crippen MR) is 84.9 cm³/mol. The van der Waals surface area contributed by atoms with Gasteiger partial charge < -0.3 is 10.6 Å². The maximum absolute atomic E-state index is 11.8. The van der Waals surface area contributed by atoms with Gasteiger partial charge in [-0.05, 0) is 31.5 Å². The lowest BCUT2D eigenvalue weighted by atomic mass is 10.1. The molecule has 0 saturated carbocycles. The summed E-state index contributed by atoms with van der Waals surface area (Å²) in [6.07, 6.45) is 1.61. The van der Waals surface area contributed by atoms with E-state index >= 15 is 0 Å². The second kappa shape index (κ2) is 7.86. The molecule has 112 valence electrons. The first-order valence-electron chi connectivity index (χ1n) is 6.11. The van der Waals surface area contributed by atoms with E-state index in [4.69, 9.17) is 23.2 Å². The molecule has 3 unspecified atom stereocenters. The molecule has 2 N–H and O–H groups in total. The summed E-state index contributed by atoms with van der Waals surface area (Å²) in [4.78, 5) is 11.8. The smallest absolute Gasteiger partial charge is 0.315 e. The molecule has 1 aromatic rings. The molecular formula is C13H18Cl2N2O2S. The number of hydrogen-bond donors (Lipinski definition) is 2. The lowest BCUT2D eigenvalue weighted by Gasteiger charge is -2.18. The van der Waals surface area contributed by atoms with Crippen LogP contribution in [0.15, 0.2) is 18.2 Å². The van der Waals surface area contributed by atoms with E-state index in [1.54, 1.807) is 18.4 Å². The fourth-order valence-electron chi connectivity index (χ4n) is 1.72. The van der Waals surface area contributed by atoms with Crippen LogP contribution in [0.5, 0.6) is 0 Å². The van der Waals surface area contributed by atoms with Crippen LogP contribution in [0.4, 0.5) is 4.79 Å². The third-order valence-electron chi connectivity index (χ3n) is 2.65. The van der Waals surface area contributed by atoms with Crippen molar-refractivity contribution in [3.63, 3.8) is 0 Å². The first-order chi connectivity index (χ1) is 9.29. The fraction of sp³-hybridized carbons (Fsp3) is 0.462. The summed E-state index contributed by atoms with van der Waals surface area (Å²) in [7, 11) is -0.941. The normalized spacial score (nSPS) is 15.2. The summed E-state index contributed by atoms with van der Waals surface area (Å²) in [6, 6.07) is 4.56. The van der Waals surface area contributed by atoms with Crippen molar-refractivity contribution in [2.24, 2.45) is 0 Å². The van der Waals surface area contributed by atoms with Crippen LogP contribution in [-0.2, 0) is 10.8 Å². The molecule has 0 bridgehead atoms. The Morgan fingerprint density at radius 2 is 1.90 bits per heavy atom. The molecule has 0 aliphatic rings. The van der Waals surface area contributed by atoms with Crippen LogP contribution in [0.25, 0.3) is 0 Å². The van der Waals surface area contributed by atoms with Gasteiger partial charge in [0.25, 0.3) is 0 Å². The van der Waals surface area contributed by atoms with Crippen LogP contribution in [-0.4, -0.2) is 28.3 Å². The van der Waals surface area contributed by atoms with Gasteiger partial charge in [-0.25, -0.2) is 4.79 Å². The van der Waals surface area contributed by atoms with Crippen molar-refractivity contribution < 1.29 is 9.00 Å². The van der Waals surface area contributed by atoms with Gasteiger partial charge in [0, 0.05) is 28.9 Å².